The molecule has 0 N–H and O–H groups in total. The highest BCUT2D eigenvalue weighted by Gasteiger charge is 2.22. The molecule has 1 aromatic heterocycles. The van der Waals surface area contributed by atoms with Crippen molar-refractivity contribution in [2.75, 3.05) is 7.11 Å². The van der Waals surface area contributed by atoms with Crippen molar-refractivity contribution in [1.82, 2.24) is 4.98 Å². The zero-order valence-corrected chi connectivity index (χ0v) is 13.9. The molecule has 0 radical (unpaired) electrons. The molecule has 2 aromatic carbocycles. The molecule has 1 aliphatic rings. The average Bonchev–Trinajstić information content (AvgIpc) is 2.68. The third-order valence-electron chi connectivity index (χ3n) is 4.55. The summed E-state index contributed by atoms with van der Waals surface area (Å²) in [4.78, 5) is 4.31. The lowest BCUT2D eigenvalue weighted by Crippen LogP contribution is -2.15. The lowest BCUT2D eigenvalue weighted by atomic mass is 9.96. The molecule has 2 heterocycles. The number of benzene rings is 2. The van der Waals surface area contributed by atoms with E-state index in [9.17, 15) is 4.39 Å². The van der Waals surface area contributed by atoms with E-state index in [4.69, 9.17) is 9.47 Å². The summed E-state index contributed by atoms with van der Waals surface area (Å²) >= 11 is 0. The number of methoxy groups -OCH3 is 1. The Balaban J connectivity index is 1.59. The molecule has 1 unspecified atom stereocenters. The van der Waals surface area contributed by atoms with Crippen molar-refractivity contribution in [2.45, 2.75) is 18.9 Å². The molecule has 0 saturated carbocycles. The number of fused-ring (bicyclic) bond motifs is 1. The molecule has 3 aromatic rings. The van der Waals surface area contributed by atoms with E-state index in [0.29, 0.717) is 17.2 Å². The molecule has 0 fully saturated rings. The minimum absolute atomic E-state index is 0.0217. The van der Waals surface area contributed by atoms with E-state index in [2.05, 4.69) is 4.98 Å². The van der Waals surface area contributed by atoms with Crippen molar-refractivity contribution in [3.63, 3.8) is 0 Å². The molecule has 0 spiro atoms. The Kier molecular flexibility index (Phi) is 4.10. The van der Waals surface area contributed by atoms with Crippen LogP contribution in [0.2, 0.25) is 0 Å². The Morgan fingerprint density at radius 3 is 2.76 bits per heavy atom. The molecular formula is C21H18FNO2. The van der Waals surface area contributed by atoms with Crippen LogP contribution in [-0.2, 0) is 6.42 Å². The highest BCUT2D eigenvalue weighted by molar-refractivity contribution is 5.66. The van der Waals surface area contributed by atoms with Gasteiger partial charge in [0, 0.05) is 17.3 Å². The van der Waals surface area contributed by atoms with Gasteiger partial charge >= 0.3 is 0 Å². The van der Waals surface area contributed by atoms with Crippen LogP contribution >= 0.6 is 0 Å². The van der Waals surface area contributed by atoms with Crippen molar-refractivity contribution in [1.29, 1.82) is 0 Å². The third-order valence-corrected chi connectivity index (χ3v) is 4.55. The molecule has 0 saturated heterocycles. The maximum absolute atomic E-state index is 14.1. The molecule has 126 valence electrons. The summed E-state index contributed by atoms with van der Waals surface area (Å²) in [6.07, 6.45) is 3.58. The van der Waals surface area contributed by atoms with Gasteiger partial charge in [0.25, 0.3) is 0 Å². The molecule has 4 heteroatoms. The van der Waals surface area contributed by atoms with Crippen molar-refractivity contribution in [3.8, 4) is 22.8 Å². The predicted molar refractivity (Wildman–Crippen MR) is 94.3 cm³/mol. The standard InChI is InChI=1S/C21H18FNO2/c1-24-17-9-10-19(22)18(13-17)14-4-6-15(7-5-14)20-11-8-16-3-2-12-23-21(16)25-20/h2-7,9-10,12-13,20H,8,11H2,1H3. The van der Waals surface area contributed by atoms with Crippen LogP contribution in [0.1, 0.15) is 23.7 Å². The van der Waals surface area contributed by atoms with Crippen LogP contribution in [0, 0.1) is 5.82 Å². The molecular weight excluding hydrogens is 317 g/mol. The zero-order chi connectivity index (χ0) is 17.2. The molecule has 0 aliphatic carbocycles. The van der Waals surface area contributed by atoms with E-state index in [1.807, 2.05) is 36.4 Å². The number of rotatable bonds is 3. The van der Waals surface area contributed by atoms with Crippen LogP contribution in [0.4, 0.5) is 4.39 Å². The predicted octanol–water partition coefficient (Wildman–Crippen LogP) is 4.96. The van der Waals surface area contributed by atoms with Gasteiger partial charge in [0.1, 0.15) is 17.7 Å². The molecule has 0 bridgehead atoms. The summed E-state index contributed by atoms with van der Waals surface area (Å²) in [7, 11) is 1.58. The fraction of sp³-hybridized carbons (Fsp3) is 0.190. The number of nitrogens with zero attached hydrogens (tertiary/aromatic N) is 1. The van der Waals surface area contributed by atoms with E-state index in [0.717, 1.165) is 29.5 Å². The minimum Gasteiger partial charge on any atom is -0.497 e. The van der Waals surface area contributed by atoms with Gasteiger partial charge in [-0.25, -0.2) is 9.37 Å². The summed E-state index contributed by atoms with van der Waals surface area (Å²) in [5.41, 5.74) is 3.56. The number of pyridine rings is 1. The van der Waals surface area contributed by atoms with E-state index >= 15 is 0 Å². The number of aryl methyl sites for hydroxylation is 1. The molecule has 0 amide bonds. The fourth-order valence-electron chi connectivity index (χ4n) is 3.17. The maximum Gasteiger partial charge on any atom is 0.217 e. The van der Waals surface area contributed by atoms with E-state index < -0.39 is 0 Å². The highest BCUT2D eigenvalue weighted by Crippen LogP contribution is 2.34. The van der Waals surface area contributed by atoms with Gasteiger partial charge in [-0.1, -0.05) is 30.3 Å². The second-order valence-corrected chi connectivity index (χ2v) is 6.08. The van der Waals surface area contributed by atoms with Gasteiger partial charge < -0.3 is 9.47 Å². The number of halogens is 1. The van der Waals surface area contributed by atoms with Crippen molar-refractivity contribution >= 4 is 0 Å². The first kappa shape index (κ1) is 15.6. The summed E-state index contributed by atoms with van der Waals surface area (Å²) in [5, 5.41) is 0. The van der Waals surface area contributed by atoms with Gasteiger partial charge in [-0.2, -0.15) is 0 Å². The second kappa shape index (κ2) is 6.55. The Morgan fingerprint density at radius 2 is 1.96 bits per heavy atom. The first-order chi connectivity index (χ1) is 12.2. The Bertz CT molecular complexity index is 893. The largest absolute Gasteiger partial charge is 0.497 e. The summed E-state index contributed by atoms with van der Waals surface area (Å²) in [5.74, 6) is 1.08. The number of aromatic nitrogens is 1. The number of ether oxygens (including phenoxy) is 2. The average molecular weight is 335 g/mol. The maximum atomic E-state index is 14.1. The van der Waals surface area contributed by atoms with Gasteiger partial charge in [0.2, 0.25) is 5.88 Å². The Hall–Kier alpha value is -2.88. The van der Waals surface area contributed by atoms with Crippen LogP contribution in [0.3, 0.4) is 0 Å². The number of hydrogen-bond donors (Lipinski definition) is 0. The summed E-state index contributed by atoms with van der Waals surface area (Å²) in [6.45, 7) is 0. The van der Waals surface area contributed by atoms with E-state index in [-0.39, 0.29) is 11.9 Å². The molecule has 25 heavy (non-hydrogen) atoms. The van der Waals surface area contributed by atoms with Crippen molar-refractivity contribution < 1.29 is 13.9 Å². The van der Waals surface area contributed by atoms with Gasteiger partial charge in [-0.3, -0.25) is 0 Å². The number of hydrogen-bond acceptors (Lipinski definition) is 3. The van der Waals surface area contributed by atoms with E-state index in [1.54, 1.807) is 25.4 Å². The van der Waals surface area contributed by atoms with Crippen LogP contribution in [0.5, 0.6) is 11.6 Å². The normalized spacial score (nSPS) is 16.0. The Morgan fingerprint density at radius 1 is 1.12 bits per heavy atom. The zero-order valence-electron chi connectivity index (χ0n) is 13.9. The van der Waals surface area contributed by atoms with Crippen molar-refractivity contribution in [3.05, 3.63) is 77.7 Å². The van der Waals surface area contributed by atoms with Gasteiger partial charge in [0.15, 0.2) is 0 Å². The van der Waals surface area contributed by atoms with Crippen LogP contribution < -0.4 is 9.47 Å². The van der Waals surface area contributed by atoms with E-state index in [1.165, 1.54) is 6.07 Å². The quantitative estimate of drug-likeness (QED) is 0.678. The Labute approximate surface area is 146 Å². The van der Waals surface area contributed by atoms with Crippen LogP contribution in [-0.4, -0.2) is 12.1 Å². The molecule has 1 aliphatic heterocycles. The molecule has 3 nitrogen and oxygen atoms in total. The third kappa shape index (κ3) is 3.07. The minimum atomic E-state index is -0.263. The first-order valence-corrected chi connectivity index (χ1v) is 8.29. The first-order valence-electron chi connectivity index (χ1n) is 8.29. The highest BCUT2D eigenvalue weighted by atomic mass is 19.1. The smallest absolute Gasteiger partial charge is 0.217 e. The van der Waals surface area contributed by atoms with Gasteiger partial charge in [0.05, 0.1) is 7.11 Å². The molecule has 4 rings (SSSR count). The second-order valence-electron chi connectivity index (χ2n) is 6.08. The summed E-state index contributed by atoms with van der Waals surface area (Å²) in [6, 6.07) is 16.6. The summed E-state index contributed by atoms with van der Waals surface area (Å²) < 4.78 is 25.3. The fourth-order valence-corrected chi connectivity index (χ4v) is 3.17. The van der Waals surface area contributed by atoms with Gasteiger partial charge in [-0.15, -0.1) is 0 Å². The van der Waals surface area contributed by atoms with Crippen LogP contribution in [0.15, 0.2) is 60.8 Å². The monoisotopic (exact) mass is 335 g/mol. The SMILES string of the molecule is COc1ccc(F)c(-c2ccc(C3CCc4cccnc4O3)cc2)c1. The van der Waals surface area contributed by atoms with Crippen LogP contribution in [0.25, 0.3) is 11.1 Å². The lowest BCUT2D eigenvalue weighted by Gasteiger charge is -2.25. The molecule has 1 atom stereocenters. The van der Waals surface area contributed by atoms with Gasteiger partial charge in [-0.05, 0) is 48.2 Å². The van der Waals surface area contributed by atoms with Crippen molar-refractivity contribution in [2.24, 2.45) is 0 Å². The lowest BCUT2D eigenvalue weighted by molar-refractivity contribution is 0.168. The topological polar surface area (TPSA) is 31.4 Å².